The number of ether oxygens (including phenoxy) is 2. The lowest BCUT2D eigenvalue weighted by Crippen LogP contribution is -2.41. The Morgan fingerprint density at radius 2 is 1.89 bits per heavy atom. The maximum Gasteiger partial charge on any atom is 0.342 e. The molecule has 2 heterocycles. The van der Waals surface area contributed by atoms with E-state index in [0.29, 0.717) is 29.5 Å². The van der Waals surface area contributed by atoms with E-state index in [1.165, 1.54) is 4.90 Å². The van der Waals surface area contributed by atoms with Gasteiger partial charge in [-0.05, 0) is 62.4 Å². The van der Waals surface area contributed by atoms with E-state index < -0.39 is 24.5 Å². The van der Waals surface area contributed by atoms with Gasteiger partial charge in [0.05, 0.1) is 18.0 Å². The molecule has 0 saturated heterocycles. The van der Waals surface area contributed by atoms with Crippen molar-refractivity contribution in [3.8, 4) is 5.75 Å². The molecule has 35 heavy (non-hydrogen) atoms. The van der Waals surface area contributed by atoms with E-state index in [9.17, 15) is 14.4 Å². The van der Waals surface area contributed by atoms with Crippen LogP contribution in [-0.4, -0.2) is 42.0 Å². The summed E-state index contributed by atoms with van der Waals surface area (Å²) in [6, 6.07) is 17.1. The average molecular weight is 475 g/mol. The van der Waals surface area contributed by atoms with E-state index in [1.807, 2.05) is 31.2 Å². The molecule has 3 aromatic rings. The number of para-hydroxylation sites is 2. The molecular weight excluding hydrogens is 448 g/mol. The van der Waals surface area contributed by atoms with Gasteiger partial charge in [0, 0.05) is 24.3 Å². The topological polar surface area (TPSA) is 110 Å². The number of pyridine rings is 1. The summed E-state index contributed by atoms with van der Waals surface area (Å²) in [7, 11) is 0. The number of rotatable bonds is 7. The second-order valence-corrected chi connectivity index (χ2v) is 7.94. The number of carbonyl (C=O) groups excluding carboxylic acids is 3. The van der Waals surface area contributed by atoms with Gasteiger partial charge in [0.1, 0.15) is 17.1 Å². The van der Waals surface area contributed by atoms with Crippen LogP contribution in [0.5, 0.6) is 5.75 Å². The van der Waals surface area contributed by atoms with Gasteiger partial charge in [-0.25, -0.2) is 9.78 Å². The fraction of sp³-hybridized carbons (Fsp3) is 0.231. The van der Waals surface area contributed by atoms with E-state index in [2.05, 4.69) is 15.6 Å². The van der Waals surface area contributed by atoms with E-state index in [0.717, 1.165) is 5.75 Å². The Bertz CT molecular complexity index is 1230. The summed E-state index contributed by atoms with van der Waals surface area (Å²) in [5.74, 6) is -0.266. The molecule has 4 rings (SSSR count). The van der Waals surface area contributed by atoms with Gasteiger partial charge < -0.3 is 25.0 Å². The Kier molecular flexibility index (Phi) is 7.25. The van der Waals surface area contributed by atoms with Gasteiger partial charge in [-0.15, -0.1) is 0 Å². The van der Waals surface area contributed by atoms with Crippen molar-refractivity contribution in [2.45, 2.75) is 26.3 Å². The normalized spacial score (nSPS) is 14.9. The summed E-state index contributed by atoms with van der Waals surface area (Å²) in [5.41, 5.74) is 2.00. The lowest BCUT2D eigenvalue weighted by molar-refractivity contribution is -0.122. The summed E-state index contributed by atoms with van der Waals surface area (Å²) in [6.45, 7) is 3.77. The summed E-state index contributed by atoms with van der Waals surface area (Å²) in [6.07, 6.45) is 1.69. The van der Waals surface area contributed by atoms with Crippen LogP contribution in [-0.2, 0) is 14.3 Å². The summed E-state index contributed by atoms with van der Waals surface area (Å²) >= 11 is 0. The highest BCUT2D eigenvalue weighted by Crippen LogP contribution is 2.31. The Hall–Kier alpha value is -4.40. The lowest BCUT2D eigenvalue weighted by Gasteiger charge is -2.27. The molecule has 2 aromatic carbocycles. The molecule has 2 N–H and O–H groups in total. The fourth-order valence-electron chi connectivity index (χ4n) is 3.85. The van der Waals surface area contributed by atoms with Crippen LogP contribution < -0.4 is 20.3 Å². The van der Waals surface area contributed by atoms with Crippen LogP contribution in [0, 0.1) is 0 Å². The minimum Gasteiger partial charge on any atom is -0.494 e. The van der Waals surface area contributed by atoms with Crippen LogP contribution in [0.25, 0.3) is 0 Å². The Labute approximate surface area is 203 Å². The first kappa shape index (κ1) is 23.7. The maximum absolute atomic E-state index is 13.1. The smallest absolute Gasteiger partial charge is 0.342 e. The predicted octanol–water partition coefficient (Wildman–Crippen LogP) is 4.14. The SMILES string of the molecule is CCOc1ccc(Nc2ncccc2C(=O)OCC(=O)N2c3ccccc3NC(=O)C[C@@H]2C)cc1. The van der Waals surface area contributed by atoms with Crippen molar-refractivity contribution in [2.24, 2.45) is 0 Å². The second kappa shape index (κ2) is 10.7. The zero-order chi connectivity index (χ0) is 24.8. The van der Waals surface area contributed by atoms with Crippen LogP contribution in [0.3, 0.4) is 0 Å². The fourth-order valence-corrected chi connectivity index (χ4v) is 3.85. The molecule has 2 amide bonds. The van der Waals surface area contributed by atoms with E-state index in [4.69, 9.17) is 9.47 Å². The van der Waals surface area contributed by atoms with Crippen molar-refractivity contribution in [1.82, 2.24) is 4.98 Å². The number of nitrogens with one attached hydrogen (secondary N) is 2. The molecule has 1 aromatic heterocycles. The summed E-state index contributed by atoms with van der Waals surface area (Å²) in [5, 5.41) is 5.90. The van der Waals surface area contributed by atoms with Gasteiger partial charge in [-0.3, -0.25) is 9.59 Å². The van der Waals surface area contributed by atoms with Crippen LogP contribution in [0.2, 0.25) is 0 Å². The third-order valence-corrected chi connectivity index (χ3v) is 5.41. The first-order valence-corrected chi connectivity index (χ1v) is 11.3. The van der Waals surface area contributed by atoms with Crippen molar-refractivity contribution in [3.05, 3.63) is 72.4 Å². The molecule has 1 aliphatic heterocycles. The number of esters is 1. The molecule has 0 bridgehead atoms. The number of hydrogen-bond donors (Lipinski definition) is 2. The summed E-state index contributed by atoms with van der Waals surface area (Å²) < 4.78 is 10.8. The molecule has 0 saturated carbocycles. The minimum absolute atomic E-state index is 0.132. The average Bonchev–Trinajstić information content (AvgIpc) is 2.98. The first-order chi connectivity index (χ1) is 17.0. The quantitative estimate of drug-likeness (QED) is 0.495. The molecule has 0 aliphatic carbocycles. The van der Waals surface area contributed by atoms with Crippen LogP contribution >= 0.6 is 0 Å². The Balaban J connectivity index is 1.46. The highest BCUT2D eigenvalue weighted by Gasteiger charge is 2.30. The largest absolute Gasteiger partial charge is 0.494 e. The van der Waals surface area contributed by atoms with Crippen molar-refractivity contribution in [2.75, 3.05) is 28.7 Å². The molecule has 1 aliphatic rings. The maximum atomic E-state index is 13.1. The van der Waals surface area contributed by atoms with Gasteiger partial charge in [-0.2, -0.15) is 0 Å². The molecule has 9 heteroatoms. The highest BCUT2D eigenvalue weighted by atomic mass is 16.5. The van der Waals surface area contributed by atoms with Crippen LogP contribution in [0.1, 0.15) is 30.6 Å². The number of amides is 2. The van der Waals surface area contributed by atoms with Crippen molar-refractivity contribution in [1.29, 1.82) is 0 Å². The Morgan fingerprint density at radius 1 is 1.11 bits per heavy atom. The number of benzene rings is 2. The molecule has 0 radical (unpaired) electrons. The van der Waals surface area contributed by atoms with Crippen LogP contribution in [0.4, 0.5) is 22.9 Å². The standard InChI is InChI=1S/C26H26N4O5/c1-3-34-19-12-10-18(11-13-19)28-25-20(7-6-14-27-25)26(33)35-16-24(32)30-17(2)15-23(31)29-21-8-4-5-9-22(21)30/h4-14,17H,3,15-16H2,1-2H3,(H,27,28)(H,29,31)/t17-/m0/s1. The van der Waals surface area contributed by atoms with Gasteiger partial charge in [-0.1, -0.05) is 12.1 Å². The van der Waals surface area contributed by atoms with Crippen molar-refractivity contribution < 1.29 is 23.9 Å². The minimum atomic E-state index is -0.690. The number of fused-ring (bicyclic) bond motifs is 1. The number of nitrogens with zero attached hydrogens (tertiary/aromatic N) is 2. The zero-order valence-electron chi connectivity index (χ0n) is 19.5. The lowest BCUT2D eigenvalue weighted by atomic mass is 10.1. The third-order valence-electron chi connectivity index (χ3n) is 5.41. The first-order valence-electron chi connectivity index (χ1n) is 11.3. The Morgan fingerprint density at radius 3 is 2.66 bits per heavy atom. The molecule has 180 valence electrons. The van der Waals surface area contributed by atoms with E-state index in [-0.39, 0.29) is 17.9 Å². The molecule has 0 spiro atoms. The van der Waals surface area contributed by atoms with Crippen LogP contribution in [0.15, 0.2) is 66.9 Å². The van der Waals surface area contributed by atoms with Gasteiger partial charge >= 0.3 is 5.97 Å². The number of hydrogen-bond acceptors (Lipinski definition) is 7. The van der Waals surface area contributed by atoms with Gasteiger partial charge in [0.15, 0.2) is 6.61 Å². The van der Waals surface area contributed by atoms with Gasteiger partial charge in [0.25, 0.3) is 5.91 Å². The number of aromatic nitrogens is 1. The van der Waals surface area contributed by atoms with Crippen molar-refractivity contribution in [3.63, 3.8) is 0 Å². The number of carbonyl (C=O) groups is 3. The number of anilines is 4. The van der Waals surface area contributed by atoms with Gasteiger partial charge in [0.2, 0.25) is 5.91 Å². The predicted molar refractivity (Wildman–Crippen MR) is 132 cm³/mol. The van der Waals surface area contributed by atoms with E-state index >= 15 is 0 Å². The van der Waals surface area contributed by atoms with Crippen molar-refractivity contribution >= 4 is 40.7 Å². The molecule has 9 nitrogen and oxygen atoms in total. The molecule has 0 fully saturated rings. The second-order valence-electron chi connectivity index (χ2n) is 7.94. The highest BCUT2D eigenvalue weighted by molar-refractivity contribution is 6.05. The molecule has 0 unspecified atom stereocenters. The third kappa shape index (κ3) is 5.57. The molecular formula is C26H26N4O5. The zero-order valence-corrected chi connectivity index (χ0v) is 19.5. The summed E-state index contributed by atoms with van der Waals surface area (Å²) in [4.78, 5) is 43.9. The molecule has 1 atom stereocenters. The monoisotopic (exact) mass is 474 g/mol. The van der Waals surface area contributed by atoms with E-state index in [1.54, 1.807) is 49.5 Å².